The van der Waals surface area contributed by atoms with Crippen LogP contribution in [0.3, 0.4) is 0 Å². The molecule has 25 heavy (non-hydrogen) atoms. The molecule has 3 aromatic rings. The Balaban J connectivity index is 1.57. The number of carbonyl (C=O) groups is 1. The minimum Gasteiger partial charge on any atom is -0.497 e. The van der Waals surface area contributed by atoms with Gasteiger partial charge in [-0.2, -0.15) is 0 Å². The minimum absolute atomic E-state index is 0.136. The van der Waals surface area contributed by atoms with Crippen LogP contribution in [0.1, 0.15) is 11.5 Å². The second-order valence-electron chi connectivity index (χ2n) is 5.31. The Morgan fingerprint density at radius 2 is 2.00 bits per heavy atom. The number of nitrogens with one attached hydrogen (secondary N) is 1. The van der Waals surface area contributed by atoms with E-state index in [9.17, 15) is 4.79 Å². The number of hydrogen-bond donors (Lipinski definition) is 1. The maximum atomic E-state index is 12.0. The number of benzene rings is 2. The zero-order valence-electron chi connectivity index (χ0n) is 13.5. The summed E-state index contributed by atoms with van der Waals surface area (Å²) in [6, 6.07) is 14.5. The van der Waals surface area contributed by atoms with E-state index in [1.807, 2.05) is 30.3 Å². The highest BCUT2D eigenvalue weighted by molar-refractivity contribution is 6.30. The van der Waals surface area contributed by atoms with E-state index in [0.29, 0.717) is 22.6 Å². The van der Waals surface area contributed by atoms with E-state index in [-0.39, 0.29) is 18.9 Å². The zero-order valence-corrected chi connectivity index (χ0v) is 14.3. The van der Waals surface area contributed by atoms with Gasteiger partial charge in [0, 0.05) is 10.6 Å². The number of amides is 1. The van der Waals surface area contributed by atoms with Crippen LogP contribution in [0.25, 0.3) is 11.5 Å². The van der Waals surface area contributed by atoms with Crippen molar-refractivity contribution in [1.82, 2.24) is 15.5 Å². The maximum absolute atomic E-state index is 12.0. The first kappa shape index (κ1) is 17.0. The number of aromatic nitrogens is 2. The second-order valence-corrected chi connectivity index (χ2v) is 5.75. The molecular weight excluding hydrogens is 342 g/mol. The Hall–Kier alpha value is -2.86. The molecule has 0 spiro atoms. The first-order valence-corrected chi connectivity index (χ1v) is 8.00. The summed E-state index contributed by atoms with van der Waals surface area (Å²) in [6.45, 7) is 0.170. The number of hydrogen-bond acceptors (Lipinski definition) is 5. The van der Waals surface area contributed by atoms with Crippen LogP contribution >= 0.6 is 11.6 Å². The smallest absolute Gasteiger partial charge is 0.247 e. The Morgan fingerprint density at radius 1 is 1.20 bits per heavy atom. The van der Waals surface area contributed by atoms with Gasteiger partial charge in [-0.05, 0) is 35.9 Å². The average molecular weight is 358 g/mol. The Labute approximate surface area is 149 Å². The van der Waals surface area contributed by atoms with Crippen LogP contribution in [0.15, 0.2) is 52.9 Å². The Bertz CT molecular complexity index is 862. The van der Waals surface area contributed by atoms with Crippen LogP contribution < -0.4 is 10.1 Å². The fourth-order valence-corrected chi connectivity index (χ4v) is 2.35. The van der Waals surface area contributed by atoms with Gasteiger partial charge in [-0.25, -0.2) is 0 Å². The molecule has 1 amide bonds. The van der Waals surface area contributed by atoms with E-state index in [4.69, 9.17) is 20.8 Å². The molecule has 0 radical (unpaired) electrons. The second kappa shape index (κ2) is 7.81. The summed E-state index contributed by atoms with van der Waals surface area (Å²) in [5, 5.41) is 11.3. The third-order valence-corrected chi connectivity index (χ3v) is 3.75. The van der Waals surface area contributed by atoms with Gasteiger partial charge < -0.3 is 14.5 Å². The van der Waals surface area contributed by atoms with Crippen LogP contribution in [0.2, 0.25) is 5.02 Å². The molecule has 1 N–H and O–H groups in total. The molecule has 0 bridgehead atoms. The highest BCUT2D eigenvalue weighted by atomic mass is 35.5. The topological polar surface area (TPSA) is 77.3 Å². The molecule has 128 valence electrons. The van der Waals surface area contributed by atoms with E-state index in [2.05, 4.69) is 15.5 Å². The van der Waals surface area contributed by atoms with Crippen LogP contribution in [0.5, 0.6) is 5.75 Å². The molecule has 0 saturated heterocycles. The molecule has 7 heteroatoms. The lowest BCUT2D eigenvalue weighted by Crippen LogP contribution is -2.24. The third kappa shape index (κ3) is 4.58. The fraction of sp³-hybridized carbons (Fsp3) is 0.167. The van der Waals surface area contributed by atoms with Crippen LogP contribution in [-0.4, -0.2) is 23.2 Å². The lowest BCUT2D eigenvalue weighted by molar-refractivity contribution is -0.120. The monoisotopic (exact) mass is 357 g/mol. The van der Waals surface area contributed by atoms with Gasteiger partial charge in [-0.15, -0.1) is 10.2 Å². The summed E-state index contributed by atoms with van der Waals surface area (Å²) in [4.78, 5) is 12.0. The van der Waals surface area contributed by atoms with E-state index >= 15 is 0 Å². The van der Waals surface area contributed by atoms with Crippen molar-refractivity contribution in [3.63, 3.8) is 0 Å². The van der Waals surface area contributed by atoms with E-state index < -0.39 is 0 Å². The van der Waals surface area contributed by atoms with E-state index in [1.54, 1.807) is 25.3 Å². The van der Waals surface area contributed by atoms with Gasteiger partial charge in [-0.1, -0.05) is 29.8 Å². The van der Waals surface area contributed by atoms with Gasteiger partial charge in [0.1, 0.15) is 5.75 Å². The molecule has 0 atom stereocenters. The molecule has 0 aliphatic carbocycles. The van der Waals surface area contributed by atoms with Crippen molar-refractivity contribution in [2.45, 2.75) is 13.0 Å². The molecule has 2 aromatic carbocycles. The van der Waals surface area contributed by atoms with Gasteiger partial charge in [-0.3, -0.25) is 4.79 Å². The fourth-order valence-electron chi connectivity index (χ4n) is 2.22. The van der Waals surface area contributed by atoms with Crippen molar-refractivity contribution in [3.8, 4) is 17.2 Å². The summed E-state index contributed by atoms with van der Waals surface area (Å²) in [5.41, 5.74) is 1.63. The SMILES string of the molecule is COc1cccc(-c2nnc(CNC(=O)Cc3ccc(Cl)cc3)o2)c1. The number of nitrogens with zero attached hydrogens (tertiary/aromatic N) is 2. The van der Waals surface area contributed by atoms with Gasteiger partial charge >= 0.3 is 0 Å². The van der Waals surface area contributed by atoms with Crippen molar-refractivity contribution in [3.05, 3.63) is 65.0 Å². The normalized spacial score (nSPS) is 10.5. The number of halogens is 1. The largest absolute Gasteiger partial charge is 0.497 e. The van der Waals surface area contributed by atoms with Crippen molar-refractivity contribution >= 4 is 17.5 Å². The molecule has 0 saturated carbocycles. The van der Waals surface area contributed by atoms with Crippen molar-refractivity contribution in [2.24, 2.45) is 0 Å². The standard InChI is InChI=1S/C18H16ClN3O3/c1-24-15-4-2-3-13(10-15)18-22-21-17(25-18)11-20-16(23)9-12-5-7-14(19)8-6-12/h2-8,10H,9,11H2,1H3,(H,20,23). The molecule has 0 unspecified atom stereocenters. The van der Waals surface area contributed by atoms with Crippen molar-refractivity contribution < 1.29 is 13.9 Å². The quantitative estimate of drug-likeness (QED) is 0.732. The lowest BCUT2D eigenvalue weighted by Gasteiger charge is -2.03. The summed E-state index contributed by atoms with van der Waals surface area (Å²) >= 11 is 5.83. The van der Waals surface area contributed by atoms with Crippen molar-refractivity contribution in [2.75, 3.05) is 7.11 Å². The zero-order chi connectivity index (χ0) is 17.6. The number of ether oxygens (including phenoxy) is 1. The maximum Gasteiger partial charge on any atom is 0.247 e. The van der Waals surface area contributed by atoms with Crippen molar-refractivity contribution in [1.29, 1.82) is 0 Å². The third-order valence-electron chi connectivity index (χ3n) is 3.50. The van der Waals surface area contributed by atoms with Gasteiger partial charge in [0.2, 0.25) is 17.7 Å². The number of methoxy groups -OCH3 is 1. The molecule has 0 fully saturated rings. The number of carbonyl (C=O) groups excluding carboxylic acids is 1. The van der Waals surface area contributed by atoms with E-state index in [1.165, 1.54) is 0 Å². The Morgan fingerprint density at radius 3 is 2.76 bits per heavy atom. The molecule has 0 aliphatic heterocycles. The predicted octanol–water partition coefficient (Wildman–Crippen LogP) is 3.26. The predicted molar refractivity (Wildman–Crippen MR) is 93.3 cm³/mol. The first-order valence-electron chi connectivity index (χ1n) is 7.62. The summed E-state index contributed by atoms with van der Waals surface area (Å²) in [5.74, 6) is 1.28. The molecule has 6 nitrogen and oxygen atoms in total. The summed E-state index contributed by atoms with van der Waals surface area (Å²) in [7, 11) is 1.59. The lowest BCUT2D eigenvalue weighted by atomic mass is 10.1. The van der Waals surface area contributed by atoms with Gasteiger partial charge in [0.15, 0.2) is 0 Å². The highest BCUT2D eigenvalue weighted by Crippen LogP contribution is 2.22. The molecule has 0 aliphatic rings. The number of rotatable bonds is 6. The van der Waals surface area contributed by atoms with E-state index in [0.717, 1.165) is 11.1 Å². The highest BCUT2D eigenvalue weighted by Gasteiger charge is 2.11. The van der Waals surface area contributed by atoms with Crippen LogP contribution in [-0.2, 0) is 17.8 Å². The molecule has 1 heterocycles. The van der Waals surface area contributed by atoms with Gasteiger partial charge in [0.25, 0.3) is 0 Å². The first-order chi connectivity index (χ1) is 12.1. The Kier molecular flexibility index (Phi) is 5.30. The molecule has 3 rings (SSSR count). The molecule has 1 aromatic heterocycles. The molecular formula is C18H16ClN3O3. The minimum atomic E-state index is -0.136. The van der Waals surface area contributed by atoms with Crippen LogP contribution in [0.4, 0.5) is 0 Å². The summed E-state index contributed by atoms with van der Waals surface area (Å²) < 4.78 is 10.7. The summed E-state index contributed by atoms with van der Waals surface area (Å²) in [6.07, 6.45) is 0.258. The average Bonchev–Trinajstić information content (AvgIpc) is 3.11. The van der Waals surface area contributed by atoms with Crippen LogP contribution in [0, 0.1) is 0 Å². The van der Waals surface area contributed by atoms with Gasteiger partial charge in [0.05, 0.1) is 20.1 Å².